The summed E-state index contributed by atoms with van der Waals surface area (Å²) >= 11 is 0. The fraction of sp³-hybridized carbons (Fsp3) is 0.679. The van der Waals surface area contributed by atoms with Gasteiger partial charge in [-0.3, -0.25) is 0 Å². The Hall–Kier alpha value is -2.17. The maximum atomic E-state index is 12.7. The van der Waals surface area contributed by atoms with E-state index in [9.17, 15) is 30.3 Å². The van der Waals surface area contributed by atoms with Crippen LogP contribution in [-0.4, -0.2) is 68.5 Å². The molecule has 2 aliphatic heterocycles. The second-order valence-electron chi connectivity index (χ2n) is 11.1. The Morgan fingerprint density at radius 3 is 2.57 bits per heavy atom. The van der Waals surface area contributed by atoms with Gasteiger partial charge in [-0.05, 0) is 58.1 Å². The molecule has 0 saturated carbocycles. The SMILES string of the molecule is CCCCCc1cc2c(c(O[C@H]3O[C@H](O)[C@@H](O)[C@H](O)[C@H]3CO)c1C(=O)O)C1C=C(C)CCC1C(C)(C)O2. The lowest BCUT2D eigenvalue weighted by Gasteiger charge is -2.47. The topological polar surface area (TPSA) is 146 Å². The third-order valence-electron chi connectivity index (χ3n) is 8.12. The van der Waals surface area contributed by atoms with E-state index in [0.29, 0.717) is 23.3 Å². The molecule has 0 aromatic heterocycles. The third kappa shape index (κ3) is 5.25. The number of benzene rings is 1. The Morgan fingerprint density at radius 1 is 1.19 bits per heavy atom. The molecular weight excluding hydrogens is 480 g/mol. The number of hydrogen-bond donors (Lipinski definition) is 5. The predicted molar refractivity (Wildman–Crippen MR) is 135 cm³/mol. The highest BCUT2D eigenvalue weighted by atomic mass is 16.7. The highest BCUT2D eigenvalue weighted by Crippen LogP contribution is 2.55. The Kier molecular flexibility index (Phi) is 8.21. The first kappa shape index (κ1) is 27.9. The molecule has 0 bridgehead atoms. The van der Waals surface area contributed by atoms with E-state index in [0.717, 1.165) is 32.1 Å². The molecule has 206 valence electrons. The normalized spacial score (nSPS) is 32.5. The number of aliphatic hydroxyl groups excluding tert-OH is 4. The van der Waals surface area contributed by atoms with E-state index in [1.807, 2.05) is 19.9 Å². The smallest absolute Gasteiger partial charge is 0.339 e. The van der Waals surface area contributed by atoms with Gasteiger partial charge in [-0.2, -0.15) is 0 Å². The van der Waals surface area contributed by atoms with Gasteiger partial charge in [0.15, 0.2) is 6.29 Å². The number of aryl methyl sites for hydroxylation is 1. The van der Waals surface area contributed by atoms with Crippen molar-refractivity contribution in [3.63, 3.8) is 0 Å². The summed E-state index contributed by atoms with van der Waals surface area (Å²) in [6.07, 6.45) is 0.783. The third-order valence-corrected chi connectivity index (χ3v) is 8.12. The van der Waals surface area contributed by atoms with Crippen LogP contribution in [0.15, 0.2) is 17.7 Å². The van der Waals surface area contributed by atoms with Crippen LogP contribution in [0, 0.1) is 11.8 Å². The summed E-state index contributed by atoms with van der Waals surface area (Å²) in [5.74, 6) is -1.78. The Bertz CT molecular complexity index is 1030. The molecule has 0 amide bonds. The fourth-order valence-electron chi connectivity index (χ4n) is 6.04. The molecule has 0 radical (unpaired) electrons. The molecule has 4 rings (SSSR count). The number of carboxylic acid groups (broad SMARTS) is 1. The molecule has 3 aliphatic rings. The van der Waals surface area contributed by atoms with Crippen molar-refractivity contribution >= 4 is 5.97 Å². The van der Waals surface area contributed by atoms with E-state index in [-0.39, 0.29) is 23.1 Å². The largest absolute Gasteiger partial charge is 0.487 e. The van der Waals surface area contributed by atoms with E-state index >= 15 is 0 Å². The Morgan fingerprint density at radius 2 is 1.92 bits per heavy atom. The van der Waals surface area contributed by atoms with Crippen molar-refractivity contribution in [2.45, 2.75) is 103 Å². The lowest BCUT2D eigenvalue weighted by molar-refractivity contribution is -0.313. The number of fused-ring (bicyclic) bond motifs is 3. The minimum atomic E-state index is -1.76. The molecule has 37 heavy (non-hydrogen) atoms. The standard InChI is InChI=1S/C28H40O9/c1-5-6-7-8-15-12-19-21(16-11-14(2)9-10-18(16)28(3,4)37-19)24(20(15)25(32)33)35-27-17(13-29)22(30)23(31)26(34)36-27/h11-12,16-18,22-23,26-27,29-31,34H,5-10,13H2,1-4H3,(H,32,33)/t16?,17-,18?,22-,23+,26+,27+/m1/s1. The van der Waals surface area contributed by atoms with Crippen LogP contribution in [0.2, 0.25) is 0 Å². The monoisotopic (exact) mass is 520 g/mol. The van der Waals surface area contributed by atoms with E-state index in [1.54, 1.807) is 0 Å². The maximum absolute atomic E-state index is 12.7. The molecule has 7 atom stereocenters. The summed E-state index contributed by atoms with van der Waals surface area (Å²) in [6, 6.07) is 1.82. The molecule has 2 heterocycles. The van der Waals surface area contributed by atoms with Crippen LogP contribution in [0.3, 0.4) is 0 Å². The van der Waals surface area contributed by atoms with Crippen LogP contribution in [0.25, 0.3) is 0 Å². The van der Waals surface area contributed by atoms with Crippen LogP contribution in [0.1, 0.15) is 87.2 Å². The van der Waals surface area contributed by atoms with E-state index in [2.05, 4.69) is 19.9 Å². The van der Waals surface area contributed by atoms with Gasteiger partial charge in [0.05, 0.1) is 18.6 Å². The first-order chi connectivity index (χ1) is 17.5. The van der Waals surface area contributed by atoms with Crippen molar-refractivity contribution in [3.05, 3.63) is 34.4 Å². The molecule has 0 spiro atoms. The molecule has 1 aromatic rings. The number of ether oxygens (including phenoxy) is 3. The van der Waals surface area contributed by atoms with Crippen LogP contribution < -0.4 is 9.47 Å². The maximum Gasteiger partial charge on any atom is 0.339 e. The van der Waals surface area contributed by atoms with Crippen LogP contribution >= 0.6 is 0 Å². The average Bonchev–Trinajstić information content (AvgIpc) is 2.82. The van der Waals surface area contributed by atoms with Crippen molar-refractivity contribution < 1.29 is 44.5 Å². The number of hydrogen-bond acceptors (Lipinski definition) is 8. The number of aliphatic hydroxyl groups is 4. The Balaban J connectivity index is 1.91. The van der Waals surface area contributed by atoms with Gasteiger partial charge in [0.1, 0.15) is 28.8 Å². The predicted octanol–water partition coefficient (Wildman–Crippen LogP) is 3.11. The summed E-state index contributed by atoms with van der Waals surface area (Å²) in [5, 5.41) is 51.1. The lowest BCUT2D eigenvalue weighted by atomic mass is 9.67. The zero-order valence-corrected chi connectivity index (χ0v) is 22.0. The van der Waals surface area contributed by atoms with Crippen molar-refractivity contribution in [2.24, 2.45) is 11.8 Å². The van der Waals surface area contributed by atoms with Gasteiger partial charge in [0.2, 0.25) is 6.29 Å². The summed E-state index contributed by atoms with van der Waals surface area (Å²) in [6.45, 7) is 7.61. The molecule has 1 fully saturated rings. The molecule has 9 heteroatoms. The van der Waals surface area contributed by atoms with Crippen LogP contribution in [0.4, 0.5) is 0 Å². The van der Waals surface area contributed by atoms with E-state index in [1.165, 1.54) is 5.57 Å². The van der Waals surface area contributed by atoms with Gasteiger partial charge in [0, 0.05) is 17.4 Å². The number of rotatable bonds is 8. The van der Waals surface area contributed by atoms with Crippen molar-refractivity contribution in [2.75, 3.05) is 6.61 Å². The van der Waals surface area contributed by atoms with Gasteiger partial charge in [-0.1, -0.05) is 31.4 Å². The summed E-state index contributed by atoms with van der Waals surface area (Å²) in [5.41, 5.74) is 1.84. The second-order valence-corrected chi connectivity index (χ2v) is 11.1. The molecule has 1 aromatic carbocycles. The molecule has 9 nitrogen and oxygen atoms in total. The molecule has 1 aliphatic carbocycles. The van der Waals surface area contributed by atoms with Gasteiger partial charge < -0.3 is 39.7 Å². The first-order valence-corrected chi connectivity index (χ1v) is 13.3. The van der Waals surface area contributed by atoms with Gasteiger partial charge in [-0.25, -0.2) is 4.79 Å². The Labute approximate surface area is 217 Å². The van der Waals surface area contributed by atoms with E-state index in [4.69, 9.17) is 14.2 Å². The lowest BCUT2D eigenvalue weighted by Crippen LogP contribution is -2.57. The van der Waals surface area contributed by atoms with Crippen molar-refractivity contribution in [1.29, 1.82) is 0 Å². The second kappa shape index (κ2) is 10.9. The van der Waals surface area contributed by atoms with Gasteiger partial charge in [0.25, 0.3) is 0 Å². The zero-order chi connectivity index (χ0) is 27.1. The number of carboxylic acids is 1. The quantitative estimate of drug-likeness (QED) is 0.258. The highest BCUT2D eigenvalue weighted by molar-refractivity contribution is 5.94. The van der Waals surface area contributed by atoms with Crippen molar-refractivity contribution in [1.82, 2.24) is 0 Å². The number of allylic oxidation sites excluding steroid dienone is 2. The van der Waals surface area contributed by atoms with Gasteiger partial charge in [-0.15, -0.1) is 0 Å². The number of carbonyl (C=O) groups is 1. The number of aromatic carboxylic acids is 1. The zero-order valence-electron chi connectivity index (χ0n) is 22.0. The number of unbranched alkanes of at least 4 members (excludes halogenated alkanes) is 2. The molecule has 5 N–H and O–H groups in total. The minimum Gasteiger partial charge on any atom is -0.487 e. The van der Waals surface area contributed by atoms with Crippen molar-refractivity contribution in [3.8, 4) is 11.5 Å². The highest BCUT2D eigenvalue weighted by Gasteiger charge is 2.49. The summed E-state index contributed by atoms with van der Waals surface area (Å²) in [4.78, 5) is 12.7. The average molecular weight is 521 g/mol. The fourth-order valence-corrected chi connectivity index (χ4v) is 6.04. The minimum absolute atomic E-state index is 0.0103. The van der Waals surface area contributed by atoms with Crippen LogP contribution in [-0.2, 0) is 11.2 Å². The summed E-state index contributed by atoms with van der Waals surface area (Å²) < 4.78 is 18.2. The summed E-state index contributed by atoms with van der Waals surface area (Å²) in [7, 11) is 0. The molecule has 1 saturated heterocycles. The van der Waals surface area contributed by atoms with Crippen LogP contribution in [0.5, 0.6) is 11.5 Å². The first-order valence-electron chi connectivity index (χ1n) is 13.3. The van der Waals surface area contributed by atoms with Gasteiger partial charge >= 0.3 is 5.97 Å². The molecular formula is C28H40O9. The van der Waals surface area contributed by atoms with E-state index < -0.39 is 48.9 Å². The molecule has 2 unspecified atom stereocenters.